The molecule has 33 heavy (non-hydrogen) atoms. The monoisotopic (exact) mass is 452 g/mol. The highest BCUT2D eigenvalue weighted by Gasteiger charge is 2.24. The summed E-state index contributed by atoms with van der Waals surface area (Å²) >= 11 is 0. The van der Waals surface area contributed by atoms with Gasteiger partial charge in [-0.2, -0.15) is 0 Å². The molecule has 1 aromatic heterocycles. The van der Waals surface area contributed by atoms with E-state index >= 15 is 0 Å². The number of imidazole rings is 1. The molecule has 1 saturated heterocycles. The van der Waals surface area contributed by atoms with Gasteiger partial charge in [0.1, 0.15) is 5.82 Å². The van der Waals surface area contributed by atoms with E-state index in [1.165, 1.54) is 17.3 Å². The minimum atomic E-state index is -0.294. The molecule has 1 aromatic carbocycles. The SMILES string of the molecule is CC1(C)CC=C(c2cc(CN3CCN(CCO)CC3)ccc2NC(=O)c2ncc(N)[nH]2)CC1. The number of anilines is 2. The highest BCUT2D eigenvalue weighted by Crippen LogP contribution is 2.40. The average molecular weight is 453 g/mol. The summed E-state index contributed by atoms with van der Waals surface area (Å²) in [5.74, 6) is 0.284. The standard InChI is InChI=1S/C25H36N6O2/c1-25(2)7-5-19(6-8-25)20-15-18(17-31-11-9-30(10-12-31)13-14-32)3-4-21(20)28-24(33)23-27-16-22(26)29-23/h3-5,15-16,32H,6-14,17,26H2,1-2H3,(H,27,29)(H,28,33). The van der Waals surface area contributed by atoms with Crippen LogP contribution in [-0.4, -0.2) is 70.1 Å². The number of carbonyl (C=O) groups is 1. The van der Waals surface area contributed by atoms with Gasteiger partial charge in [0.2, 0.25) is 0 Å². The first-order valence-electron chi connectivity index (χ1n) is 11.8. The Balaban J connectivity index is 1.54. The fourth-order valence-electron chi connectivity index (χ4n) is 4.59. The van der Waals surface area contributed by atoms with E-state index < -0.39 is 0 Å². The quantitative estimate of drug-likeness (QED) is 0.514. The van der Waals surface area contributed by atoms with Crippen molar-refractivity contribution in [3.8, 4) is 0 Å². The Morgan fingerprint density at radius 1 is 1.24 bits per heavy atom. The lowest BCUT2D eigenvalue weighted by molar-refractivity contribution is 0.101. The zero-order valence-corrected chi connectivity index (χ0v) is 19.7. The molecule has 1 fully saturated rings. The van der Waals surface area contributed by atoms with Crippen molar-refractivity contribution < 1.29 is 9.90 Å². The van der Waals surface area contributed by atoms with Crippen LogP contribution in [0.15, 0.2) is 30.5 Å². The average Bonchev–Trinajstić information content (AvgIpc) is 3.23. The van der Waals surface area contributed by atoms with Crippen molar-refractivity contribution in [1.82, 2.24) is 19.8 Å². The van der Waals surface area contributed by atoms with E-state index in [0.717, 1.165) is 69.8 Å². The number of hydrogen-bond acceptors (Lipinski definition) is 6. The number of piperazine rings is 1. The predicted octanol–water partition coefficient (Wildman–Crippen LogP) is 2.95. The zero-order chi connectivity index (χ0) is 23.4. The largest absolute Gasteiger partial charge is 0.395 e. The number of aromatic amines is 1. The molecule has 2 heterocycles. The molecular weight excluding hydrogens is 416 g/mol. The van der Waals surface area contributed by atoms with Crippen molar-refractivity contribution in [3.05, 3.63) is 47.4 Å². The molecular formula is C25H36N6O2. The van der Waals surface area contributed by atoms with Gasteiger partial charge in [-0.15, -0.1) is 0 Å². The van der Waals surface area contributed by atoms with Gasteiger partial charge in [-0.25, -0.2) is 4.98 Å². The number of hydrogen-bond donors (Lipinski definition) is 4. The maximum absolute atomic E-state index is 12.7. The van der Waals surface area contributed by atoms with Crippen LogP contribution < -0.4 is 11.1 Å². The number of β-amino-alcohol motifs (C(OH)–C–C–N with tert-alkyl or cyclic N) is 1. The number of benzene rings is 1. The van der Waals surface area contributed by atoms with Crippen LogP contribution in [0.25, 0.3) is 5.57 Å². The summed E-state index contributed by atoms with van der Waals surface area (Å²) in [5, 5.41) is 12.2. The molecule has 8 heteroatoms. The number of aliphatic hydroxyl groups is 1. The lowest BCUT2D eigenvalue weighted by Gasteiger charge is -2.34. The van der Waals surface area contributed by atoms with Crippen molar-refractivity contribution in [2.45, 2.75) is 39.7 Å². The summed E-state index contributed by atoms with van der Waals surface area (Å²) in [6.45, 7) is 10.4. The van der Waals surface area contributed by atoms with Crippen molar-refractivity contribution in [1.29, 1.82) is 0 Å². The Bertz CT molecular complexity index is 1000. The number of aliphatic hydroxyl groups excluding tert-OH is 1. The summed E-state index contributed by atoms with van der Waals surface area (Å²) in [5.41, 5.74) is 10.4. The van der Waals surface area contributed by atoms with Gasteiger partial charge in [-0.3, -0.25) is 14.6 Å². The smallest absolute Gasteiger partial charge is 0.291 e. The van der Waals surface area contributed by atoms with Gasteiger partial charge in [0.15, 0.2) is 5.82 Å². The molecule has 5 N–H and O–H groups in total. The third-order valence-corrected chi connectivity index (χ3v) is 6.75. The molecule has 0 radical (unpaired) electrons. The van der Waals surface area contributed by atoms with Crippen LogP contribution in [0, 0.1) is 5.41 Å². The second kappa shape index (κ2) is 10.1. The number of amides is 1. The number of rotatable bonds is 7. The van der Waals surface area contributed by atoms with Gasteiger partial charge in [-0.05, 0) is 47.9 Å². The molecule has 4 rings (SSSR count). The molecule has 0 spiro atoms. The summed E-state index contributed by atoms with van der Waals surface area (Å²) in [6, 6.07) is 6.34. The van der Waals surface area contributed by atoms with E-state index in [-0.39, 0.29) is 18.3 Å². The predicted molar refractivity (Wildman–Crippen MR) is 132 cm³/mol. The second-order valence-electron chi connectivity index (χ2n) is 9.96. The Morgan fingerprint density at radius 2 is 2.00 bits per heavy atom. The van der Waals surface area contributed by atoms with E-state index in [4.69, 9.17) is 10.8 Å². The molecule has 8 nitrogen and oxygen atoms in total. The van der Waals surface area contributed by atoms with Gasteiger partial charge in [0.25, 0.3) is 5.91 Å². The molecule has 1 aliphatic heterocycles. The normalized spacial score (nSPS) is 19.3. The molecule has 1 aliphatic carbocycles. The van der Waals surface area contributed by atoms with Crippen molar-refractivity contribution >= 4 is 23.0 Å². The molecule has 1 amide bonds. The van der Waals surface area contributed by atoms with Crippen LogP contribution in [0.1, 0.15) is 54.9 Å². The van der Waals surface area contributed by atoms with Crippen LogP contribution in [0.4, 0.5) is 11.5 Å². The van der Waals surface area contributed by atoms with Crippen molar-refractivity contribution in [2.24, 2.45) is 5.41 Å². The number of nitrogens with one attached hydrogen (secondary N) is 2. The molecule has 0 saturated carbocycles. The maximum atomic E-state index is 12.7. The van der Waals surface area contributed by atoms with Crippen LogP contribution in [0.2, 0.25) is 0 Å². The van der Waals surface area contributed by atoms with Gasteiger partial charge < -0.3 is 21.1 Å². The van der Waals surface area contributed by atoms with Crippen LogP contribution in [-0.2, 0) is 6.54 Å². The number of H-pyrrole nitrogens is 1. The fraction of sp³-hybridized carbons (Fsp3) is 0.520. The summed E-state index contributed by atoms with van der Waals surface area (Å²) in [4.78, 5) is 24.3. The molecule has 2 aliphatic rings. The van der Waals surface area contributed by atoms with E-state index in [2.05, 4.69) is 57.1 Å². The molecule has 0 atom stereocenters. The van der Waals surface area contributed by atoms with E-state index in [9.17, 15) is 4.79 Å². The number of nitrogen functional groups attached to an aromatic ring is 1. The molecule has 178 valence electrons. The topological polar surface area (TPSA) is 111 Å². The summed E-state index contributed by atoms with van der Waals surface area (Å²) in [7, 11) is 0. The third kappa shape index (κ3) is 6.01. The van der Waals surface area contributed by atoms with Crippen LogP contribution >= 0.6 is 0 Å². The van der Waals surface area contributed by atoms with Crippen LogP contribution in [0.3, 0.4) is 0 Å². The minimum absolute atomic E-state index is 0.210. The Hall–Kier alpha value is -2.68. The summed E-state index contributed by atoms with van der Waals surface area (Å²) in [6.07, 6.45) is 6.92. The van der Waals surface area contributed by atoms with Crippen LogP contribution in [0.5, 0.6) is 0 Å². The maximum Gasteiger partial charge on any atom is 0.291 e. The highest BCUT2D eigenvalue weighted by atomic mass is 16.3. The number of allylic oxidation sites excluding steroid dienone is 2. The first-order chi connectivity index (χ1) is 15.8. The van der Waals surface area contributed by atoms with Crippen molar-refractivity contribution in [2.75, 3.05) is 50.4 Å². The van der Waals surface area contributed by atoms with Gasteiger partial charge >= 0.3 is 0 Å². The van der Waals surface area contributed by atoms with Gasteiger partial charge in [0.05, 0.1) is 12.8 Å². The second-order valence-corrected chi connectivity index (χ2v) is 9.96. The molecule has 0 unspecified atom stereocenters. The number of carbonyl (C=O) groups excluding carboxylic acids is 1. The lowest BCUT2D eigenvalue weighted by atomic mass is 9.76. The number of nitrogens with zero attached hydrogens (tertiary/aromatic N) is 3. The first-order valence-corrected chi connectivity index (χ1v) is 11.8. The van der Waals surface area contributed by atoms with E-state index in [0.29, 0.717) is 11.2 Å². The highest BCUT2D eigenvalue weighted by molar-refractivity contribution is 6.03. The molecule has 0 bridgehead atoms. The Morgan fingerprint density at radius 3 is 2.64 bits per heavy atom. The third-order valence-electron chi connectivity index (χ3n) is 6.75. The van der Waals surface area contributed by atoms with Gasteiger partial charge in [-0.1, -0.05) is 26.0 Å². The Kier molecular flexibility index (Phi) is 7.17. The summed E-state index contributed by atoms with van der Waals surface area (Å²) < 4.78 is 0. The molecule has 2 aromatic rings. The van der Waals surface area contributed by atoms with Crippen molar-refractivity contribution in [3.63, 3.8) is 0 Å². The minimum Gasteiger partial charge on any atom is -0.395 e. The Labute approximate surface area is 195 Å². The fourth-order valence-corrected chi connectivity index (χ4v) is 4.59. The van der Waals surface area contributed by atoms with E-state index in [1.807, 2.05) is 6.07 Å². The van der Waals surface area contributed by atoms with E-state index in [1.54, 1.807) is 0 Å². The zero-order valence-electron chi connectivity index (χ0n) is 19.7. The van der Waals surface area contributed by atoms with Gasteiger partial charge in [0, 0.05) is 50.5 Å². The number of nitrogens with two attached hydrogens (primary N) is 1. The lowest BCUT2D eigenvalue weighted by Crippen LogP contribution is -2.46. The number of aromatic nitrogens is 2. The first kappa shape index (κ1) is 23.5.